The van der Waals surface area contributed by atoms with Gasteiger partial charge in [0.25, 0.3) is 0 Å². The number of methoxy groups -OCH3 is 1. The van der Waals surface area contributed by atoms with Gasteiger partial charge >= 0.3 is 0 Å². The van der Waals surface area contributed by atoms with Crippen molar-refractivity contribution in [3.63, 3.8) is 0 Å². The maximum Gasteiger partial charge on any atom is 0.241 e. The van der Waals surface area contributed by atoms with Crippen LogP contribution in [0.3, 0.4) is 0 Å². The molecule has 0 unspecified atom stereocenters. The van der Waals surface area contributed by atoms with Gasteiger partial charge in [0.2, 0.25) is 5.91 Å². The van der Waals surface area contributed by atoms with Gasteiger partial charge in [0.1, 0.15) is 6.33 Å². The summed E-state index contributed by atoms with van der Waals surface area (Å²) in [6, 6.07) is 0. The number of rotatable bonds is 6. The quantitative estimate of drug-likeness (QED) is 0.741. The van der Waals surface area contributed by atoms with Crippen molar-refractivity contribution in [1.29, 1.82) is 0 Å². The minimum atomic E-state index is -0.00904. The average Bonchev–Trinajstić information content (AvgIpc) is 2.37. The molecule has 6 nitrogen and oxygen atoms in total. The molecule has 0 saturated carbocycles. The fourth-order valence-electron chi connectivity index (χ4n) is 1.58. The molecule has 106 valence electrons. The van der Waals surface area contributed by atoms with Gasteiger partial charge in [0, 0.05) is 20.6 Å². The third kappa shape index (κ3) is 3.96. The lowest BCUT2D eigenvalue weighted by Gasteiger charge is -2.25. The molecule has 0 aliphatic rings. The summed E-state index contributed by atoms with van der Waals surface area (Å²) in [6.07, 6.45) is 2.24. The van der Waals surface area contributed by atoms with E-state index in [9.17, 15) is 4.79 Å². The number of nitrogens with zero attached hydrogens (tertiary/aromatic N) is 4. The number of amides is 1. The van der Waals surface area contributed by atoms with Crippen LogP contribution in [0.5, 0.6) is 5.75 Å². The summed E-state index contributed by atoms with van der Waals surface area (Å²) < 4.78 is 5.22. The van der Waals surface area contributed by atoms with Crippen LogP contribution in [0.2, 0.25) is 5.15 Å². The Balaban J connectivity index is 3.05. The van der Waals surface area contributed by atoms with Crippen LogP contribution >= 0.6 is 11.6 Å². The topological polar surface area (TPSA) is 58.6 Å². The van der Waals surface area contributed by atoms with Crippen molar-refractivity contribution in [3.05, 3.63) is 11.5 Å². The standard InChI is InChI=1S/C12H19ClN4O2/c1-5-6-17(7-9(18)16(2)3)12-10(19-4)11(13)14-8-15-12/h8H,5-7H2,1-4H3. The molecular weight excluding hydrogens is 268 g/mol. The van der Waals surface area contributed by atoms with E-state index in [1.807, 2.05) is 11.8 Å². The Hall–Kier alpha value is -1.56. The molecule has 1 aromatic heterocycles. The summed E-state index contributed by atoms with van der Waals surface area (Å²) in [4.78, 5) is 23.3. The summed E-state index contributed by atoms with van der Waals surface area (Å²) in [5.41, 5.74) is 0. The smallest absolute Gasteiger partial charge is 0.241 e. The monoisotopic (exact) mass is 286 g/mol. The minimum Gasteiger partial charge on any atom is -0.490 e. The number of likely N-dealkylation sites (N-methyl/N-ethyl adjacent to an activating group) is 1. The Morgan fingerprint density at radius 1 is 1.42 bits per heavy atom. The van der Waals surface area contributed by atoms with E-state index in [2.05, 4.69) is 9.97 Å². The van der Waals surface area contributed by atoms with Gasteiger partial charge < -0.3 is 14.5 Å². The first-order valence-electron chi connectivity index (χ1n) is 6.00. The normalized spacial score (nSPS) is 10.2. The highest BCUT2D eigenvalue weighted by Crippen LogP contribution is 2.31. The maximum absolute atomic E-state index is 11.9. The molecule has 1 heterocycles. The van der Waals surface area contributed by atoms with Crippen molar-refractivity contribution in [2.45, 2.75) is 13.3 Å². The van der Waals surface area contributed by atoms with E-state index in [1.54, 1.807) is 14.1 Å². The van der Waals surface area contributed by atoms with Gasteiger partial charge in [-0.2, -0.15) is 0 Å². The number of carbonyl (C=O) groups is 1. The van der Waals surface area contributed by atoms with Crippen molar-refractivity contribution in [2.24, 2.45) is 0 Å². The van der Waals surface area contributed by atoms with Crippen molar-refractivity contribution in [2.75, 3.05) is 39.2 Å². The van der Waals surface area contributed by atoms with Crippen LogP contribution in [0.15, 0.2) is 6.33 Å². The van der Waals surface area contributed by atoms with Crippen LogP contribution in [0.4, 0.5) is 5.82 Å². The van der Waals surface area contributed by atoms with Gasteiger partial charge in [-0.05, 0) is 6.42 Å². The lowest BCUT2D eigenvalue weighted by atomic mass is 10.3. The van der Waals surface area contributed by atoms with Crippen LogP contribution in [0.1, 0.15) is 13.3 Å². The number of carbonyl (C=O) groups excluding carboxylic acids is 1. The van der Waals surface area contributed by atoms with E-state index in [-0.39, 0.29) is 17.6 Å². The van der Waals surface area contributed by atoms with E-state index in [0.29, 0.717) is 18.1 Å². The number of anilines is 1. The number of ether oxygens (including phenoxy) is 1. The number of hydrogen-bond acceptors (Lipinski definition) is 5. The molecule has 0 fully saturated rings. The predicted octanol–water partition coefficient (Wildman–Crippen LogP) is 1.44. The number of halogens is 1. The van der Waals surface area contributed by atoms with Gasteiger partial charge in [-0.15, -0.1) is 0 Å². The molecule has 0 atom stereocenters. The van der Waals surface area contributed by atoms with Gasteiger partial charge in [-0.3, -0.25) is 4.79 Å². The Bertz CT molecular complexity index is 440. The van der Waals surface area contributed by atoms with Crippen LogP contribution in [-0.4, -0.2) is 55.1 Å². The molecular formula is C12H19ClN4O2. The van der Waals surface area contributed by atoms with Crippen LogP contribution in [0, 0.1) is 0 Å². The first-order chi connectivity index (χ1) is 9.01. The molecule has 1 rings (SSSR count). The molecule has 1 aromatic rings. The summed E-state index contributed by atoms with van der Waals surface area (Å²) in [7, 11) is 4.94. The third-order valence-corrected chi connectivity index (χ3v) is 2.83. The molecule has 0 N–H and O–H groups in total. The summed E-state index contributed by atoms with van der Waals surface area (Å²) in [5.74, 6) is 0.925. The van der Waals surface area contributed by atoms with Gasteiger partial charge in [-0.25, -0.2) is 9.97 Å². The highest BCUT2D eigenvalue weighted by molar-refractivity contribution is 6.31. The molecule has 0 aliphatic carbocycles. The molecule has 19 heavy (non-hydrogen) atoms. The van der Waals surface area contributed by atoms with Crippen molar-refractivity contribution in [3.8, 4) is 5.75 Å². The van der Waals surface area contributed by atoms with Crippen molar-refractivity contribution in [1.82, 2.24) is 14.9 Å². The average molecular weight is 287 g/mol. The third-order valence-electron chi connectivity index (χ3n) is 2.56. The van der Waals surface area contributed by atoms with Crippen LogP contribution in [-0.2, 0) is 4.79 Å². The summed E-state index contributed by atoms with van der Waals surface area (Å²) in [5, 5.41) is 0.242. The Kier molecular flexibility index (Phi) is 5.82. The lowest BCUT2D eigenvalue weighted by molar-refractivity contribution is -0.127. The van der Waals surface area contributed by atoms with E-state index in [0.717, 1.165) is 6.42 Å². The van der Waals surface area contributed by atoms with Crippen LogP contribution in [0.25, 0.3) is 0 Å². The summed E-state index contributed by atoms with van der Waals surface area (Å²) >= 11 is 5.97. The fraction of sp³-hybridized carbons (Fsp3) is 0.583. The zero-order chi connectivity index (χ0) is 14.4. The molecule has 0 spiro atoms. The molecule has 0 saturated heterocycles. The SMILES string of the molecule is CCCN(CC(=O)N(C)C)c1ncnc(Cl)c1OC. The molecule has 1 amide bonds. The first-order valence-corrected chi connectivity index (χ1v) is 6.38. The molecule has 0 radical (unpaired) electrons. The van der Waals surface area contributed by atoms with Gasteiger partial charge in [0.15, 0.2) is 16.7 Å². The second-order valence-electron chi connectivity index (χ2n) is 4.23. The van der Waals surface area contributed by atoms with E-state index in [4.69, 9.17) is 16.3 Å². The summed E-state index contributed by atoms with van der Waals surface area (Å²) in [6.45, 7) is 2.94. The van der Waals surface area contributed by atoms with E-state index in [1.165, 1.54) is 18.3 Å². The fourth-order valence-corrected chi connectivity index (χ4v) is 1.78. The van der Waals surface area contributed by atoms with Gasteiger partial charge in [0.05, 0.1) is 13.7 Å². The molecule has 7 heteroatoms. The zero-order valence-corrected chi connectivity index (χ0v) is 12.4. The highest BCUT2D eigenvalue weighted by atomic mass is 35.5. The Morgan fingerprint density at radius 3 is 2.63 bits per heavy atom. The maximum atomic E-state index is 11.9. The molecule has 0 aliphatic heterocycles. The predicted molar refractivity (Wildman–Crippen MR) is 74.8 cm³/mol. The Morgan fingerprint density at radius 2 is 2.11 bits per heavy atom. The molecule has 0 aromatic carbocycles. The number of hydrogen-bond donors (Lipinski definition) is 0. The molecule has 0 bridgehead atoms. The second kappa shape index (κ2) is 7.13. The van der Waals surface area contributed by atoms with Crippen molar-refractivity contribution >= 4 is 23.3 Å². The lowest BCUT2D eigenvalue weighted by Crippen LogP contribution is -2.37. The van der Waals surface area contributed by atoms with E-state index >= 15 is 0 Å². The van der Waals surface area contributed by atoms with E-state index < -0.39 is 0 Å². The van der Waals surface area contributed by atoms with Gasteiger partial charge in [-0.1, -0.05) is 18.5 Å². The van der Waals surface area contributed by atoms with Crippen LogP contribution < -0.4 is 9.64 Å². The first kappa shape index (κ1) is 15.5. The Labute approximate surface area is 118 Å². The zero-order valence-electron chi connectivity index (χ0n) is 11.7. The minimum absolute atomic E-state index is 0.00904. The number of aromatic nitrogens is 2. The second-order valence-corrected chi connectivity index (χ2v) is 4.59. The van der Waals surface area contributed by atoms with Crippen molar-refractivity contribution < 1.29 is 9.53 Å². The highest BCUT2D eigenvalue weighted by Gasteiger charge is 2.19. The largest absolute Gasteiger partial charge is 0.490 e.